The molecule has 1 rings (SSSR count). The zero-order valence-electron chi connectivity index (χ0n) is 10.6. The Morgan fingerprint density at radius 1 is 1.20 bits per heavy atom. The van der Waals surface area contributed by atoms with Gasteiger partial charge in [-0.2, -0.15) is 0 Å². The van der Waals surface area contributed by atoms with E-state index in [1.54, 1.807) is 0 Å². The number of likely N-dealkylation sites (N-methyl/N-ethyl adjacent to an activating group) is 1. The lowest BCUT2D eigenvalue weighted by Gasteiger charge is -2.27. The van der Waals surface area contributed by atoms with Crippen molar-refractivity contribution in [1.82, 2.24) is 9.80 Å². The highest BCUT2D eigenvalue weighted by Gasteiger charge is 2.17. The van der Waals surface area contributed by atoms with E-state index in [4.69, 9.17) is 5.73 Å². The molecule has 0 unspecified atom stereocenters. The lowest BCUT2D eigenvalue weighted by atomic mass is 9.99. The largest absolute Gasteiger partial charge is 0.326 e. The molecule has 0 aromatic carbocycles. The average Bonchev–Trinajstić information content (AvgIpc) is 2.42. The van der Waals surface area contributed by atoms with Gasteiger partial charge in [0.25, 0.3) is 0 Å². The topological polar surface area (TPSA) is 32.5 Å². The fraction of sp³-hybridized carbons (Fsp3) is 1.00. The first-order valence-corrected chi connectivity index (χ1v) is 6.30. The first-order valence-electron chi connectivity index (χ1n) is 6.30. The molecule has 1 fully saturated rings. The Bertz CT molecular complexity index is 172. The minimum absolute atomic E-state index is 0.346. The van der Waals surface area contributed by atoms with Crippen molar-refractivity contribution in [2.45, 2.75) is 32.7 Å². The van der Waals surface area contributed by atoms with E-state index in [0.29, 0.717) is 12.0 Å². The molecule has 1 aliphatic rings. The summed E-state index contributed by atoms with van der Waals surface area (Å²) in [5, 5.41) is 0. The predicted octanol–water partition coefficient (Wildman–Crippen LogP) is 0.997. The van der Waals surface area contributed by atoms with E-state index in [1.165, 1.54) is 39.0 Å². The van der Waals surface area contributed by atoms with Gasteiger partial charge in [-0.05, 0) is 32.5 Å². The van der Waals surface area contributed by atoms with E-state index in [2.05, 4.69) is 30.7 Å². The summed E-state index contributed by atoms with van der Waals surface area (Å²) in [7, 11) is 2.21. The Morgan fingerprint density at radius 2 is 1.93 bits per heavy atom. The lowest BCUT2D eigenvalue weighted by Crippen LogP contribution is -2.42. The van der Waals surface area contributed by atoms with Gasteiger partial charge in [-0.1, -0.05) is 20.3 Å². The second-order valence-corrected chi connectivity index (χ2v) is 5.01. The van der Waals surface area contributed by atoms with Crippen molar-refractivity contribution in [2.24, 2.45) is 11.7 Å². The van der Waals surface area contributed by atoms with Crippen LogP contribution < -0.4 is 5.73 Å². The van der Waals surface area contributed by atoms with Crippen molar-refractivity contribution < 1.29 is 0 Å². The monoisotopic (exact) mass is 213 g/mol. The normalized spacial score (nSPS) is 24.8. The van der Waals surface area contributed by atoms with Crippen LogP contribution in [0, 0.1) is 5.92 Å². The molecular weight excluding hydrogens is 186 g/mol. The Kier molecular flexibility index (Phi) is 5.58. The number of nitrogens with zero attached hydrogens (tertiary/aromatic N) is 2. The molecule has 2 N–H and O–H groups in total. The van der Waals surface area contributed by atoms with Gasteiger partial charge in [0.2, 0.25) is 0 Å². The highest BCUT2D eigenvalue weighted by molar-refractivity contribution is 4.75. The SMILES string of the molecule is CC[C@H](C)[C@H](N)CN1CCCN(C)CC1. The minimum atomic E-state index is 0.346. The Hall–Kier alpha value is -0.120. The molecule has 1 saturated heterocycles. The Morgan fingerprint density at radius 3 is 2.60 bits per heavy atom. The molecule has 0 spiro atoms. The maximum Gasteiger partial charge on any atom is 0.0193 e. The predicted molar refractivity (Wildman–Crippen MR) is 66.0 cm³/mol. The molecule has 3 nitrogen and oxygen atoms in total. The maximum atomic E-state index is 6.19. The summed E-state index contributed by atoms with van der Waals surface area (Å²) < 4.78 is 0. The van der Waals surface area contributed by atoms with Gasteiger partial charge in [0, 0.05) is 25.7 Å². The standard InChI is InChI=1S/C12H27N3/c1-4-11(2)12(13)10-15-7-5-6-14(3)8-9-15/h11-12H,4-10,13H2,1-3H3/t11-,12+/m0/s1. The Labute approximate surface area is 94.6 Å². The second-order valence-electron chi connectivity index (χ2n) is 5.01. The molecule has 3 heteroatoms. The number of rotatable bonds is 4. The summed E-state index contributed by atoms with van der Waals surface area (Å²) >= 11 is 0. The van der Waals surface area contributed by atoms with Crippen LogP contribution in [0.5, 0.6) is 0 Å². The molecule has 15 heavy (non-hydrogen) atoms. The average molecular weight is 213 g/mol. The summed E-state index contributed by atoms with van der Waals surface area (Å²) in [6, 6.07) is 0.346. The first kappa shape index (κ1) is 12.9. The van der Waals surface area contributed by atoms with Crippen LogP contribution in [-0.2, 0) is 0 Å². The summed E-state index contributed by atoms with van der Waals surface area (Å²) in [4.78, 5) is 4.94. The molecule has 0 aromatic heterocycles. The van der Waals surface area contributed by atoms with Crippen LogP contribution in [0.25, 0.3) is 0 Å². The van der Waals surface area contributed by atoms with Crippen molar-refractivity contribution >= 4 is 0 Å². The lowest BCUT2D eigenvalue weighted by molar-refractivity contribution is 0.236. The smallest absolute Gasteiger partial charge is 0.0193 e. The maximum absolute atomic E-state index is 6.19. The second kappa shape index (κ2) is 6.46. The van der Waals surface area contributed by atoms with Gasteiger partial charge in [-0.3, -0.25) is 0 Å². The van der Waals surface area contributed by atoms with Crippen LogP contribution in [0.15, 0.2) is 0 Å². The fourth-order valence-electron chi connectivity index (χ4n) is 2.06. The van der Waals surface area contributed by atoms with Gasteiger partial charge >= 0.3 is 0 Å². The molecule has 1 heterocycles. The third-order valence-corrected chi connectivity index (χ3v) is 3.66. The van der Waals surface area contributed by atoms with E-state index < -0.39 is 0 Å². The summed E-state index contributed by atoms with van der Waals surface area (Å²) in [6.45, 7) is 10.4. The quantitative estimate of drug-likeness (QED) is 0.756. The van der Waals surface area contributed by atoms with E-state index >= 15 is 0 Å². The van der Waals surface area contributed by atoms with Crippen LogP contribution in [0.2, 0.25) is 0 Å². The van der Waals surface area contributed by atoms with E-state index in [1.807, 2.05) is 0 Å². The van der Waals surface area contributed by atoms with Gasteiger partial charge in [0.1, 0.15) is 0 Å². The molecule has 2 atom stereocenters. The van der Waals surface area contributed by atoms with Crippen LogP contribution in [0.3, 0.4) is 0 Å². The van der Waals surface area contributed by atoms with Crippen LogP contribution >= 0.6 is 0 Å². The molecule has 0 bridgehead atoms. The van der Waals surface area contributed by atoms with E-state index in [9.17, 15) is 0 Å². The van der Waals surface area contributed by atoms with Crippen LogP contribution in [0.1, 0.15) is 26.7 Å². The van der Waals surface area contributed by atoms with Crippen molar-refractivity contribution in [1.29, 1.82) is 0 Å². The molecule has 0 aliphatic carbocycles. The van der Waals surface area contributed by atoms with Gasteiger partial charge in [0.05, 0.1) is 0 Å². The third kappa shape index (κ3) is 4.49. The van der Waals surface area contributed by atoms with E-state index in [-0.39, 0.29) is 0 Å². The number of hydrogen-bond donors (Lipinski definition) is 1. The van der Waals surface area contributed by atoms with Gasteiger partial charge in [-0.15, -0.1) is 0 Å². The van der Waals surface area contributed by atoms with Crippen molar-refractivity contribution in [3.05, 3.63) is 0 Å². The molecule has 0 saturated carbocycles. The molecular formula is C12H27N3. The molecule has 0 aromatic rings. The molecule has 1 aliphatic heterocycles. The highest BCUT2D eigenvalue weighted by atomic mass is 15.2. The van der Waals surface area contributed by atoms with Gasteiger partial charge in [0.15, 0.2) is 0 Å². The first-order chi connectivity index (χ1) is 7.13. The zero-order chi connectivity index (χ0) is 11.3. The zero-order valence-corrected chi connectivity index (χ0v) is 10.6. The molecule has 0 amide bonds. The highest BCUT2D eigenvalue weighted by Crippen LogP contribution is 2.08. The van der Waals surface area contributed by atoms with Crippen molar-refractivity contribution in [3.63, 3.8) is 0 Å². The summed E-state index contributed by atoms with van der Waals surface area (Å²) in [6.07, 6.45) is 2.47. The van der Waals surface area contributed by atoms with Crippen LogP contribution in [0.4, 0.5) is 0 Å². The minimum Gasteiger partial charge on any atom is -0.326 e. The van der Waals surface area contributed by atoms with Crippen LogP contribution in [-0.4, -0.2) is 55.6 Å². The summed E-state index contributed by atoms with van der Waals surface area (Å²) in [5.41, 5.74) is 6.19. The number of hydrogen-bond acceptors (Lipinski definition) is 3. The van der Waals surface area contributed by atoms with Crippen molar-refractivity contribution in [2.75, 3.05) is 39.8 Å². The number of nitrogens with two attached hydrogens (primary N) is 1. The fourth-order valence-corrected chi connectivity index (χ4v) is 2.06. The van der Waals surface area contributed by atoms with Crippen molar-refractivity contribution in [3.8, 4) is 0 Å². The van der Waals surface area contributed by atoms with Gasteiger partial charge < -0.3 is 15.5 Å². The molecule has 90 valence electrons. The van der Waals surface area contributed by atoms with E-state index in [0.717, 1.165) is 6.54 Å². The van der Waals surface area contributed by atoms with Gasteiger partial charge in [-0.25, -0.2) is 0 Å². The summed E-state index contributed by atoms with van der Waals surface area (Å²) in [5.74, 6) is 0.644. The molecule has 0 radical (unpaired) electrons. The Balaban J connectivity index is 2.30. The third-order valence-electron chi connectivity index (χ3n) is 3.66.